The van der Waals surface area contributed by atoms with Crippen molar-refractivity contribution >= 4 is 23.7 Å². The molecule has 1 aromatic rings. The number of carboxylic acid groups (broad SMARTS) is 1. The van der Waals surface area contributed by atoms with Crippen LogP contribution in [0.3, 0.4) is 0 Å². The number of rotatable bonds is 12. The smallest absolute Gasteiger partial charge is 0.326 e. The number of aliphatic hydroxyl groups is 1. The zero-order chi connectivity index (χ0) is 24.4. The van der Waals surface area contributed by atoms with Crippen molar-refractivity contribution < 1.29 is 34.5 Å². The van der Waals surface area contributed by atoms with Gasteiger partial charge in [-0.25, -0.2) is 4.79 Å². The summed E-state index contributed by atoms with van der Waals surface area (Å²) in [4.78, 5) is 48.4. The number of phenolic OH excluding ortho intramolecular Hbond substituents is 1. The molecule has 0 aliphatic rings. The molecule has 0 fully saturated rings. The van der Waals surface area contributed by atoms with Crippen LogP contribution in [0.4, 0.5) is 0 Å². The van der Waals surface area contributed by atoms with E-state index in [0.717, 1.165) is 0 Å². The number of nitrogens with one attached hydrogen (secondary N) is 3. The van der Waals surface area contributed by atoms with E-state index in [4.69, 9.17) is 5.73 Å². The Morgan fingerprint density at radius 3 is 1.97 bits per heavy atom. The maximum atomic E-state index is 12.4. The van der Waals surface area contributed by atoms with E-state index in [1.165, 1.54) is 31.2 Å². The predicted octanol–water partition coefficient (Wildman–Crippen LogP) is -1.14. The number of hydrogen-bond donors (Lipinski definition) is 7. The molecule has 4 unspecified atom stereocenters. The summed E-state index contributed by atoms with van der Waals surface area (Å²) in [5.74, 6) is -3.27. The second kappa shape index (κ2) is 12.6. The molecule has 0 aromatic heterocycles. The van der Waals surface area contributed by atoms with Gasteiger partial charge < -0.3 is 37.0 Å². The van der Waals surface area contributed by atoms with Crippen LogP contribution >= 0.6 is 0 Å². The standard InChI is InChI=1S/C21H32N4O7/c1-11(2)8-15(22)19(29)25-17(10-26)20(30)23-12(3)18(28)24-16(21(31)32)9-13-4-6-14(27)7-5-13/h4-7,11-12,15-17,26-27H,8-10,22H2,1-3H3,(H,23,30)(H,24,28)(H,25,29)(H,31,32). The average molecular weight is 453 g/mol. The number of carbonyl (C=O) groups excluding carboxylic acids is 3. The van der Waals surface area contributed by atoms with Crippen molar-refractivity contribution in [2.24, 2.45) is 11.7 Å². The van der Waals surface area contributed by atoms with Gasteiger partial charge in [0.25, 0.3) is 0 Å². The minimum Gasteiger partial charge on any atom is -0.508 e. The number of benzene rings is 1. The number of phenols is 1. The fourth-order valence-electron chi connectivity index (χ4n) is 2.83. The zero-order valence-corrected chi connectivity index (χ0v) is 18.4. The van der Waals surface area contributed by atoms with Crippen LogP contribution in [0.5, 0.6) is 5.75 Å². The van der Waals surface area contributed by atoms with Gasteiger partial charge in [-0.2, -0.15) is 0 Å². The van der Waals surface area contributed by atoms with Gasteiger partial charge >= 0.3 is 5.97 Å². The third-order valence-corrected chi connectivity index (χ3v) is 4.62. The van der Waals surface area contributed by atoms with E-state index in [9.17, 15) is 34.5 Å². The molecule has 1 aromatic carbocycles. The Labute approximate surface area is 186 Å². The molecule has 32 heavy (non-hydrogen) atoms. The molecule has 0 aliphatic carbocycles. The number of carboxylic acids is 1. The molecule has 0 saturated heterocycles. The van der Waals surface area contributed by atoms with Crippen LogP contribution < -0.4 is 21.7 Å². The summed E-state index contributed by atoms with van der Waals surface area (Å²) in [6, 6.07) is 1.28. The van der Waals surface area contributed by atoms with E-state index in [2.05, 4.69) is 16.0 Å². The molecule has 4 atom stereocenters. The highest BCUT2D eigenvalue weighted by Crippen LogP contribution is 2.11. The molecule has 178 valence electrons. The second-order valence-corrected chi connectivity index (χ2v) is 7.98. The molecule has 11 nitrogen and oxygen atoms in total. The normalized spacial score (nSPS) is 14.7. The largest absolute Gasteiger partial charge is 0.508 e. The Kier molecular flexibility index (Phi) is 10.6. The topological polar surface area (TPSA) is 191 Å². The number of aliphatic carboxylic acids is 1. The number of aromatic hydroxyl groups is 1. The fourth-order valence-corrected chi connectivity index (χ4v) is 2.83. The molecular weight excluding hydrogens is 420 g/mol. The number of carbonyl (C=O) groups is 4. The van der Waals surface area contributed by atoms with Gasteiger partial charge in [0.1, 0.15) is 23.9 Å². The molecule has 0 spiro atoms. The quantitative estimate of drug-likeness (QED) is 0.207. The fraction of sp³-hybridized carbons (Fsp3) is 0.524. The van der Waals surface area contributed by atoms with Crippen LogP contribution in [0.1, 0.15) is 32.8 Å². The summed E-state index contributed by atoms with van der Waals surface area (Å²) >= 11 is 0. The second-order valence-electron chi connectivity index (χ2n) is 7.98. The Morgan fingerprint density at radius 2 is 1.47 bits per heavy atom. The van der Waals surface area contributed by atoms with Gasteiger partial charge in [0.15, 0.2) is 0 Å². The molecule has 0 bridgehead atoms. The summed E-state index contributed by atoms with van der Waals surface area (Å²) in [5, 5.41) is 35.2. The van der Waals surface area contributed by atoms with E-state index in [-0.39, 0.29) is 18.1 Å². The SMILES string of the molecule is CC(C)CC(N)C(=O)NC(CO)C(=O)NC(C)C(=O)NC(Cc1ccc(O)cc1)C(=O)O. The predicted molar refractivity (Wildman–Crippen MR) is 115 cm³/mol. The van der Waals surface area contributed by atoms with Gasteiger partial charge in [0.2, 0.25) is 17.7 Å². The first-order chi connectivity index (χ1) is 14.9. The van der Waals surface area contributed by atoms with Crippen molar-refractivity contribution in [2.75, 3.05) is 6.61 Å². The van der Waals surface area contributed by atoms with Crippen LogP contribution in [-0.4, -0.2) is 69.8 Å². The molecular formula is C21H32N4O7. The van der Waals surface area contributed by atoms with Gasteiger partial charge in [-0.15, -0.1) is 0 Å². The lowest BCUT2D eigenvalue weighted by atomic mass is 10.0. The van der Waals surface area contributed by atoms with Crippen molar-refractivity contribution in [3.8, 4) is 5.75 Å². The highest BCUT2D eigenvalue weighted by molar-refractivity contribution is 5.94. The van der Waals surface area contributed by atoms with E-state index in [1.807, 2.05) is 13.8 Å². The first-order valence-electron chi connectivity index (χ1n) is 10.2. The summed E-state index contributed by atoms with van der Waals surface area (Å²) in [6.45, 7) is 4.40. The Bertz CT molecular complexity index is 798. The molecule has 0 heterocycles. The van der Waals surface area contributed by atoms with E-state index < -0.39 is 54.5 Å². The Balaban J connectivity index is 2.68. The minimum absolute atomic E-state index is 0.0247. The molecule has 3 amide bonds. The highest BCUT2D eigenvalue weighted by atomic mass is 16.4. The lowest BCUT2D eigenvalue weighted by molar-refractivity contribution is -0.142. The molecule has 0 radical (unpaired) electrons. The van der Waals surface area contributed by atoms with Crippen molar-refractivity contribution in [3.63, 3.8) is 0 Å². The summed E-state index contributed by atoms with van der Waals surface area (Å²) in [7, 11) is 0. The van der Waals surface area contributed by atoms with Gasteiger partial charge in [-0.05, 0) is 37.0 Å². The summed E-state index contributed by atoms with van der Waals surface area (Å²) in [5.41, 5.74) is 6.34. The summed E-state index contributed by atoms with van der Waals surface area (Å²) in [6.07, 6.45) is 0.354. The first kappa shape index (κ1) is 26.9. The van der Waals surface area contributed by atoms with E-state index in [0.29, 0.717) is 12.0 Å². The summed E-state index contributed by atoms with van der Waals surface area (Å²) < 4.78 is 0. The maximum absolute atomic E-state index is 12.4. The Hall–Kier alpha value is -3.18. The van der Waals surface area contributed by atoms with Crippen molar-refractivity contribution in [3.05, 3.63) is 29.8 Å². The molecule has 0 aliphatic heterocycles. The van der Waals surface area contributed by atoms with Crippen LogP contribution in [0.15, 0.2) is 24.3 Å². The van der Waals surface area contributed by atoms with Crippen LogP contribution in [-0.2, 0) is 25.6 Å². The van der Waals surface area contributed by atoms with Gasteiger partial charge in [0, 0.05) is 6.42 Å². The van der Waals surface area contributed by atoms with Crippen molar-refractivity contribution in [2.45, 2.75) is 57.8 Å². The Morgan fingerprint density at radius 1 is 0.906 bits per heavy atom. The average Bonchev–Trinajstić information content (AvgIpc) is 2.71. The molecule has 1 rings (SSSR count). The van der Waals surface area contributed by atoms with Crippen LogP contribution in [0, 0.1) is 5.92 Å². The van der Waals surface area contributed by atoms with Gasteiger partial charge in [0.05, 0.1) is 12.6 Å². The third-order valence-electron chi connectivity index (χ3n) is 4.62. The van der Waals surface area contributed by atoms with Crippen molar-refractivity contribution in [1.82, 2.24) is 16.0 Å². The lowest BCUT2D eigenvalue weighted by Gasteiger charge is -2.23. The monoisotopic (exact) mass is 452 g/mol. The highest BCUT2D eigenvalue weighted by Gasteiger charge is 2.28. The minimum atomic E-state index is -1.32. The van der Waals surface area contributed by atoms with Crippen molar-refractivity contribution in [1.29, 1.82) is 0 Å². The van der Waals surface area contributed by atoms with Gasteiger partial charge in [-0.1, -0.05) is 26.0 Å². The number of amides is 3. The number of nitrogens with two attached hydrogens (primary N) is 1. The first-order valence-corrected chi connectivity index (χ1v) is 10.2. The zero-order valence-electron chi connectivity index (χ0n) is 18.4. The number of hydrogen-bond acceptors (Lipinski definition) is 7. The molecule has 11 heteroatoms. The van der Waals surface area contributed by atoms with E-state index in [1.54, 1.807) is 0 Å². The van der Waals surface area contributed by atoms with Gasteiger partial charge in [-0.3, -0.25) is 14.4 Å². The van der Waals surface area contributed by atoms with Crippen LogP contribution in [0.25, 0.3) is 0 Å². The lowest BCUT2D eigenvalue weighted by Crippen LogP contribution is -2.57. The molecule has 8 N–H and O–H groups in total. The van der Waals surface area contributed by atoms with E-state index >= 15 is 0 Å². The molecule has 0 saturated carbocycles. The third kappa shape index (κ3) is 8.90. The van der Waals surface area contributed by atoms with Crippen LogP contribution in [0.2, 0.25) is 0 Å². The maximum Gasteiger partial charge on any atom is 0.326 e. The number of aliphatic hydroxyl groups excluding tert-OH is 1.